The second kappa shape index (κ2) is 4.96. The lowest BCUT2D eigenvalue weighted by Crippen LogP contribution is -2.30. The number of rotatable bonds is 4. The molecule has 0 aromatic carbocycles. The third kappa shape index (κ3) is 2.81. The Morgan fingerprint density at radius 1 is 1.53 bits per heavy atom. The van der Waals surface area contributed by atoms with Gasteiger partial charge >= 0.3 is 0 Å². The summed E-state index contributed by atoms with van der Waals surface area (Å²) in [7, 11) is 1.73. The zero-order valence-corrected chi connectivity index (χ0v) is 9.82. The van der Waals surface area contributed by atoms with Gasteiger partial charge in [-0.15, -0.1) is 0 Å². The molecule has 84 valence electrons. The first-order valence-corrected chi connectivity index (χ1v) is 5.34. The monoisotopic (exact) mass is 209 g/mol. The number of anilines is 1. The molecule has 4 heteroatoms. The van der Waals surface area contributed by atoms with Gasteiger partial charge in [-0.3, -0.25) is 4.79 Å². The molecule has 1 aromatic rings. The van der Waals surface area contributed by atoms with Crippen molar-refractivity contribution in [3.63, 3.8) is 0 Å². The zero-order chi connectivity index (χ0) is 11.4. The van der Waals surface area contributed by atoms with Crippen LogP contribution in [0.4, 0.5) is 5.82 Å². The van der Waals surface area contributed by atoms with Crippen LogP contribution in [0.1, 0.15) is 27.2 Å². The van der Waals surface area contributed by atoms with E-state index < -0.39 is 0 Å². The van der Waals surface area contributed by atoms with Gasteiger partial charge in [0.15, 0.2) is 5.82 Å². The van der Waals surface area contributed by atoms with Gasteiger partial charge < -0.3 is 9.88 Å². The Hall–Kier alpha value is -1.32. The lowest BCUT2D eigenvalue weighted by atomic mass is 10.0. The Morgan fingerprint density at radius 2 is 2.20 bits per heavy atom. The van der Waals surface area contributed by atoms with E-state index in [0.717, 1.165) is 6.42 Å². The van der Waals surface area contributed by atoms with Crippen LogP contribution in [0.3, 0.4) is 0 Å². The molecule has 0 saturated heterocycles. The fourth-order valence-electron chi connectivity index (χ4n) is 1.31. The first kappa shape index (κ1) is 11.8. The van der Waals surface area contributed by atoms with E-state index in [1.165, 1.54) is 4.57 Å². The third-order valence-corrected chi connectivity index (χ3v) is 2.88. The fourth-order valence-corrected chi connectivity index (χ4v) is 1.31. The van der Waals surface area contributed by atoms with E-state index >= 15 is 0 Å². The molecule has 2 atom stereocenters. The summed E-state index contributed by atoms with van der Waals surface area (Å²) in [5, 5.41) is 3.16. The fraction of sp³-hybridized carbons (Fsp3) is 0.636. The lowest BCUT2D eigenvalue weighted by Gasteiger charge is -2.19. The van der Waals surface area contributed by atoms with Gasteiger partial charge in [-0.2, -0.15) is 0 Å². The largest absolute Gasteiger partial charge is 0.363 e. The van der Waals surface area contributed by atoms with Crippen LogP contribution >= 0.6 is 0 Å². The van der Waals surface area contributed by atoms with Crippen LogP contribution in [0.5, 0.6) is 0 Å². The first-order chi connectivity index (χ1) is 7.06. The molecule has 1 aromatic heterocycles. The van der Waals surface area contributed by atoms with Gasteiger partial charge in [0.1, 0.15) is 0 Å². The third-order valence-electron chi connectivity index (χ3n) is 2.88. The Balaban J connectivity index is 2.81. The van der Waals surface area contributed by atoms with E-state index in [2.05, 4.69) is 31.1 Å². The molecule has 0 spiro atoms. The summed E-state index contributed by atoms with van der Waals surface area (Å²) in [5.74, 6) is 0.963. The SMILES string of the molecule is CCC(C)C(C)Nc1nccn(C)c1=O. The molecule has 0 saturated carbocycles. The highest BCUT2D eigenvalue weighted by atomic mass is 16.1. The second-order valence-corrected chi connectivity index (χ2v) is 4.01. The first-order valence-electron chi connectivity index (χ1n) is 5.34. The summed E-state index contributed by atoms with van der Waals surface area (Å²) >= 11 is 0. The molecular formula is C11H19N3O. The van der Waals surface area contributed by atoms with Gasteiger partial charge in [-0.1, -0.05) is 20.3 Å². The maximum Gasteiger partial charge on any atom is 0.293 e. The minimum absolute atomic E-state index is 0.0762. The van der Waals surface area contributed by atoms with Crippen molar-refractivity contribution in [2.75, 3.05) is 5.32 Å². The van der Waals surface area contributed by atoms with E-state index in [9.17, 15) is 4.79 Å². The van der Waals surface area contributed by atoms with Gasteiger partial charge in [-0.25, -0.2) is 4.98 Å². The number of aryl methyl sites for hydroxylation is 1. The maximum atomic E-state index is 11.7. The number of nitrogens with zero attached hydrogens (tertiary/aromatic N) is 2. The highest BCUT2D eigenvalue weighted by Crippen LogP contribution is 2.10. The molecule has 0 aliphatic heterocycles. The Labute approximate surface area is 90.3 Å². The average Bonchev–Trinajstić information content (AvgIpc) is 2.23. The average molecular weight is 209 g/mol. The van der Waals surface area contributed by atoms with Crippen molar-refractivity contribution in [1.29, 1.82) is 0 Å². The summed E-state index contributed by atoms with van der Waals surface area (Å²) in [6.45, 7) is 6.37. The molecule has 15 heavy (non-hydrogen) atoms. The van der Waals surface area contributed by atoms with Gasteiger partial charge in [0.05, 0.1) is 0 Å². The minimum atomic E-state index is -0.0762. The predicted molar refractivity (Wildman–Crippen MR) is 62.0 cm³/mol. The predicted octanol–water partition coefficient (Wildman–Crippen LogP) is 1.63. The summed E-state index contributed by atoms with van der Waals surface area (Å²) in [4.78, 5) is 15.7. The van der Waals surface area contributed by atoms with Gasteiger partial charge in [0.25, 0.3) is 5.56 Å². The molecule has 1 heterocycles. The van der Waals surface area contributed by atoms with E-state index in [4.69, 9.17) is 0 Å². The van der Waals surface area contributed by atoms with Crippen molar-refractivity contribution in [1.82, 2.24) is 9.55 Å². The van der Waals surface area contributed by atoms with E-state index in [1.807, 2.05) is 0 Å². The molecule has 4 nitrogen and oxygen atoms in total. The standard InChI is InChI=1S/C11H19N3O/c1-5-8(2)9(3)13-10-11(15)14(4)7-6-12-10/h6-9H,5H2,1-4H3,(H,12,13). The summed E-state index contributed by atoms with van der Waals surface area (Å²) in [5.41, 5.74) is -0.0762. The molecule has 1 N–H and O–H groups in total. The Kier molecular flexibility index (Phi) is 3.88. The smallest absolute Gasteiger partial charge is 0.293 e. The van der Waals surface area contributed by atoms with Gasteiger partial charge in [-0.05, 0) is 12.8 Å². The highest BCUT2D eigenvalue weighted by molar-refractivity contribution is 5.31. The minimum Gasteiger partial charge on any atom is -0.363 e. The highest BCUT2D eigenvalue weighted by Gasteiger charge is 2.12. The van der Waals surface area contributed by atoms with Gasteiger partial charge in [0.2, 0.25) is 0 Å². The van der Waals surface area contributed by atoms with Crippen molar-refractivity contribution in [3.05, 3.63) is 22.7 Å². The van der Waals surface area contributed by atoms with Crippen LogP contribution in [-0.4, -0.2) is 15.6 Å². The zero-order valence-electron chi connectivity index (χ0n) is 9.82. The van der Waals surface area contributed by atoms with Crippen molar-refractivity contribution >= 4 is 5.82 Å². The quantitative estimate of drug-likeness (QED) is 0.819. The molecule has 0 fully saturated rings. The van der Waals surface area contributed by atoms with Crippen molar-refractivity contribution in [3.8, 4) is 0 Å². The summed E-state index contributed by atoms with van der Waals surface area (Å²) in [6.07, 6.45) is 4.37. The lowest BCUT2D eigenvalue weighted by molar-refractivity contribution is 0.492. The second-order valence-electron chi connectivity index (χ2n) is 4.01. The Morgan fingerprint density at radius 3 is 2.80 bits per heavy atom. The van der Waals surface area contributed by atoms with Crippen LogP contribution in [0.2, 0.25) is 0 Å². The van der Waals surface area contributed by atoms with Crippen LogP contribution in [0.25, 0.3) is 0 Å². The van der Waals surface area contributed by atoms with Crippen LogP contribution in [-0.2, 0) is 7.05 Å². The molecule has 0 bridgehead atoms. The van der Waals surface area contributed by atoms with Crippen LogP contribution in [0, 0.1) is 5.92 Å². The van der Waals surface area contributed by atoms with Crippen LogP contribution < -0.4 is 10.9 Å². The Bertz CT molecular complexity index is 372. The van der Waals surface area contributed by atoms with E-state index in [0.29, 0.717) is 11.7 Å². The molecule has 1 rings (SSSR count). The molecule has 0 aliphatic rings. The van der Waals surface area contributed by atoms with Crippen molar-refractivity contribution in [2.24, 2.45) is 13.0 Å². The molecule has 0 radical (unpaired) electrons. The maximum absolute atomic E-state index is 11.7. The number of nitrogens with one attached hydrogen (secondary N) is 1. The van der Waals surface area contributed by atoms with E-state index in [-0.39, 0.29) is 11.6 Å². The number of aromatic nitrogens is 2. The van der Waals surface area contributed by atoms with Gasteiger partial charge in [0, 0.05) is 25.5 Å². The molecular weight excluding hydrogens is 190 g/mol. The van der Waals surface area contributed by atoms with Crippen molar-refractivity contribution < 1.29 is 0 Å². The molecule has 0 aliphatic carbocycles. The van der Waals surface area contributed by atoms with Crippen LogP contribution in [0.15, 0.2) is 17.2 Å². The molecule has 0 amide bonds. The van der Waals surface area contributed by atoms with Crippen molar-refractivity contribution in [2.45, 2.75) is 33.2 Å². The van der Waals surface area contributed by atoms with E-state index in [1.54, 1.807) is 19.4 Å². The topological polar surface area (TPSA) is 46.9 Å². The number of hydrogen-bond donors (Lipinski definition) is 1. The summed E-state index contributed by atoms with van der Waals surface area (Å²) in [6, 6.07) is 0.262. The summed E-state index contributed by atoms with van der Waals surface area (Å²) < 4.78 is 1.53. The normalized spacial score (nSPS) is 14.7. The molecule has 2 unspecified atom stereocenters. The number of hydrogen-bond acceptors (Lipinski definition) is 3.